The molecule has 2 amide bonds. The molecule has 0 aromatic heterocycles. The lowest BCUT2D eigenvalue weighted by molar-refractivity contribution is -0.139. The molecule has 0 bridgehead atoms. The fourth-order valence-corrected chi connectivity index (χ4v) is 2.40. The fraction of sp³-hybridized carbons (Fsp3) is 0.842. The van der Waals surface area contributed by atoms with Gasteiger partial charge in [0, 0.05) is 12.5 Å². The molecule has 0 spiro atoms. The SMILES string of the molecule is CCCCC[C@H](C)C(=O)NCCCC[C@H](NC(=O)OC(C)(C)C)C(=O)O. The van der Waals surface area contributed by atoms with Crippen LogP contribution in [0.1, 0.15) is 79.6 Å². The number of amides is 2. The van der Waals surface area contributed by atoms with Crippen LogP contribution in [-0.4, -0.2) is 41.3 Å². The van der Waals surface area contributed by atoms with Gasteiger partial charge in [0.1, 0.15) is 11.6 Å². The molecule has 2 atom stereocenters. The molecule has 0 unspecified atom stereocenters. The summed E-state index contributed by atoms with van der Waals surface area (Å²) >= 11 is 0. The third kappa shape index (κ3) is 12.6. The molecule has 0 aliphatic rings. The van der Waals surface area contributed by atoms with E-state index in [1.807, 2.05) is 6.92 Å². The molecular formula is C19H36N2O5. The molecule has 0 aliphatic heterocycles. The van der Waals surface area contributed by atoms with Crippen LogP contribution in [0.2, 0.25) is 0 Å². The molecule has 7 heteroatoms. The molecule has 0 aromatic rings. The van der Waals surface area contributed by atoms with Crippen LogP contribution in [0.4, 0.5) is 4.79 Å². The molecule has 3 N–H and O–H groups in total. The van der Waals surface area contributed by atoms with Gasteiger partial charge in [-0.15, -0.1) is 0 Å². The van der Waals surface area contributed by atoms with Crippen molar-refractivity contribution in [3.05, 3.63) is 0 Å². The summed E-state index contributed by atoms with van der Waals surface area (Å²) in [5, 5.41) is 14.5. The largest absolute Gasteiger partial charge is 0.480 e. The third-order valence-electron chi connectivity index (χ3n) is 3.90. The Hall–Kier alpha value is -1.79. The zero-order chi connectivity index (χ0) is 20.2. The van der Waals surface area contributed by atoms with Crippen molar-refractivity contribution >= 4 is 18.0 Å². The highest BCUT2D eigenvalue weighted by atomic mass is 16.6. The van der Waals surface area contributed by atoms with Crippen LogP contribution in [0.15, 0.2) is 0 Å². The Morgan fingerprint density at radius 3 is 2.19 bits per heavy atom. The van der Waals surface area contributed by atoms with Gasteiger partial charge in [-0.3, -0.25) is 4.79 Å². The average Bonchev–Trinajstić information content (AvgIpc) is 2.51. The molecule has 152 valence electrons. The van der Waals surface area contributed by atoms with E-state index >= 15 is 0 Å². The molecule has 0 saturated heterocycles. The van der Waals surface area contributed by atoms with Gasteiger partial charge in [0.2, 0.25) is 5.91 Å². The van der Waals surface area contributed by atoms with Crippen molar-refractivity contribution in [2.75, 3.05) is 6.54 Å². The number of rotatable bonds is 12. The highest BCUT2D eigenvalue weighted by Gasteiger charge is 2.23. The van der Waals surface area contributed by atoms with Gasteiger partial charge >= 0.3 is 12.1 Å². The van der Waals surface area contributed by atoms with Gasteiger partial charge in [-0.1, -0.05) is 33.1 Å². The van der Waals surface area contributed by atoms with Gasteiger partial charge < -0.3 is 20.5 Å². The second-order valence-corrected chi connectivity index (χ2v) is 7.72. The minimum atomic E-state index is -1.09. The van der Waals surface area contributed by atoms with Crippen LogP contribution in [0.5, 0.6) is 0 Å². The number of aliphatic carboxylic acids is 1. The van der Waals surface area contributed by atoms with E-state index in [1.54, 1.807) is 20.8 Å². The Balaban J connectivity index is 4.05. The number of carbonyl (C=O) groups excluding carboxylic acids is 2. The predicted molar refractivity (Wildman–Crippen MR) is 101 cm³/mol. The van der Waals surface area contributed by atoms with Crippen molar-refractivity contribution in [1.82, 2.24) is 10.6 Å². The van der Waals surface area contributed by atoms with Crippen LogP contribution in [0.25, 0.3) is 0 Å². The van der Waals surface area contributed by atoms with Crippen molar-refractivity contribution in [2.24, 2.45) is 5.92 Å². The summed E-state index contributed by atoms with van der Waals surface area (Å²) in [5.41, 5.74) is -0.675. The normalized spacial score (nSPS) is 13.6. The average molecular weight is 373 g/mol. The zero-order valence-electron chi connectivity index (χ0n) is 16.9. The number of carboxylic acids is 1. The van der Waals surface area contributed by atoms with Crippen molar-refractivity contribution in [3.63, 3.8) is 0 Å². The van der Waals surface area contributed by atoms with Gasteiger partial charge in [0.25, 0.3) is 0 Å². The molecule has 0 fully saturated rings. The standard InChI is InChI=1S/C19H36N2O5/c1-6-7-8-11-14(2)16(22)20-13-10-9-12-15(17(23)24)21-18(25)26-19(3,4)5/h14-15H,6-13H2,1-5H3,(H,20,22)(H,21,25)(H,23,24)/t14-,15-/m0/s1. The maximum absolute atomic E-state index is 11.9. The van der Waals surface area contributed by atoms with E-state index in [4.69, 9.17) is 4.74 Å². The van der Waals surface area contributed by atoms with Crippen molar-refractivity contribution in [2.45, 2.75) is 91.2 Å². The van der Waals surface area contributed by atoms with Crippen LogP contribution >= 0.6 is 0 Å². The number of carboxylic acid groups (broad SMARTS) is 1. The second kappa shape index (κ2) is 12.5. The Kier molecular flexibility index (Phi) is 11.7. The van der Waals surface area contributed by atoms with Gasteiger partial charge in [0.15, 0.2) is 0 Å². The number of ether oxygens (including phenoxy) is 1. The second-order valence-electron chi connectivity index (χ2n) is 7.72. The molecular weight excluding hydrogens is 336 g/mol. The van der Waals surface area contributed by atoms with Crippen molar-refractivity contribution < 1.29 is 24.2 Å². The van der Waals surface area contributed by atoms with E-state index in [1.165, 1.54) is 0 Å². The smallest absolute Gasteiger partial charge is 0.408 e. The summed E-state index contributed by atoms with van der Waals surface area (Å²) in [5.74, 6) is -1.05. The number of nitrogens with one attached hydrogen (secondary N) is 2. The highest BCUT2D eigenvalue weighted by Crippen LogP contribution is 2.10. The number of alkyl carbamates (subject to hydrolysis) is 1. The molecule has 26 heavy (non-hydrogen) atoms. The predicted octanol–water partition coefficient (Wildman–Crippen LogP) is 3.47. The molecule has 0 aliphatic carbocycles. The molecule has 0 radical (unpaired) electrons. The van der Waals surface area contributed by atoms with E-state index in [0.29, 0.717) is 19.4 Å². The first kappa shape index (κ1) is 24.2. The maximum Gasteiger partial charge on any atom is 0.408 e. The molecule has 0 rings (SSSR count). The molecule has 0 heterocycles. The fourth-order valence-electron chi connectivity index (χ4n) is 2.40. The summed E-state index contributed by atoms with van der Waals surface area (Å²) in [6.07, 6.45) is 5.01. The number of hydrogen-bond acceptors (Lipinski definition) is 4. The summed E-state index contributed by atoms with van der Waals surface area (Å²) in [6, 6.07) is -0.992. The van der Waals surface area contributed by atoms with Gasteiger partial charge in [0.05, 0.1) is 0 Å². The monoisotopic (exact) mass is 372 g/mol. The van der Waals surface area contributed by atoms with E-state index < -0.39 is 23.7 Å². The Morgan fingerprint density at radius 1 is 1.04 bits per heavy atom. The summed E-state index contributed by atoms with van der Waals surface area (Å²) in [6.45, 7) is 9.72. The quantitative estimate of drug-likeness (QED) is 0.455. The van der Waals surface area contributed by atoms with Crippen molar-refractivity contribution in [3.8, 4) is 0 Å². The first-order valence-corrected chi connectivity index (χ1v) is 9.56. The minimum Gasteiger partial charge on any atom is -0.480 e. The van der Waals surface area contributed by atoms with Gasteiger partial charge in [-0.2, -0.15) is 0 Å². The summed E-state index contributed by atoms with van der Waals surface area (Å²) in [7, 11) is 0. The lowest BCUT2D eigenvalue weighted by atomic mass is 10.0. The Bertz CT molecular complexity index is 446. The lowest BCUT2D eigenvalue weighted by Gasteiger charge is -2.22. The zero-order valence-corrected chi connectivity index (χ0v) is 16.9. The van der Waals surface area contributed by atoms with E-state index in [0.717, 1.165) is 25.7 Å². The first-order chi connectivity index (χ1) is 12.1. The minimum absolute atomic E-state index is 0.00199. The maximum atomic E-state index is 11.9. The third-order valence-corrected chi connectivity index (χ3v) is 3.90. The number of unbranched alkanes of at least 4 members (excludes halogenated alkanes) is 3. The van der Waals surface area contributed by atoms with E-state index in [2.05, 4.69) is 17.6 Å². The van der Waals surface area contributed by atoms with E-state index in [-0.39, 0.29) is 18.2 Å². The van der Waals surface area contributed by atoms with Crippen LogP contribution < -0.4 is 10.6 Å². The summed E-state index contributed by atoms with van der Waals surface area (Å²) in [4.78, 5) is 34.9. The summed E-state index contributed by atoms with van der Waals surface area (Å²) < 4.78 is 5.07. The van der Waals surface area contributed by atoms with Crippen LogP contribution in [0, 0.1) is 5.92 Å². The Morgan fingerprint density at radius 2 is 1.65 bits per heavy atom. The van der Waals surface area contributed by atoms with Crippen molar-refractivity contribution in [1.29, 1.82) is 0 Å². The van der Waals surface area contributed by atoms with Crippen LogP contribution in [0.3, 0.4) is 0 Å². The van der Waals surface area contributed by atoms with Gasteiger partial charge in [-0.25, -0.2) is 9.59 Å². The topological polar surface area (TPSA) is 105 Å². The molecule has 7 nitrogen and oxygen atoms in total. The lowest BCUT2D eigenvalue weighted by Crippen LogP contribution is -2.43. The molecule has 0 aromatic carbocycles. The first-order valence-electron chi connectivity index (χ1n) is 9.56. The number of carbonyl (C=O) groups is 3. The number of hydrogen-bond donors (Lipinski definition) is 3. The highest BCUT2D eigenvalue weighted by molar-refractivity contribution is 5.80. The van der Waals surface area contributed by atoms with E-state index in [9.17, 15) is 19.5 Å². The van der Waals surface area contributed by atoms with Gasteiger partial charge in [-0.05, 0) is 46.5 Å². The molecule has 0 saturated carbocycles. The van der Waals surface area contributed by atoms with Crippen LogP contribution in [-0.2, 0) is 14.3 Å². The Labute approximate surface area is 157 Å².